The second-order valence-electron chi connectivity index (χ2n) is 7.46. The molecule has 1 aliphatic rings. The van der Waals surface area contributed by atoms with Gasteiger partial charge in [-0.05, 0) is 57.9 Å². The molecule has 7 nitrogen and oxygen atoms in total. The van der Waals surface area contributed by atoms with Gasteiger partial charge in [-0.1, -0.05) is 11.6 Å². The lowest BCUT2D eigenvalue weighted by molar-refractivity contribution is -0.125. The smallest absolute Gasteiger partial charge is 0.223 e. The molecule has 2 aromatic heterocycles. The second-order valence-corrected chi connectivity index (χ2v) is 7.90. The molecule has 0 atom stereocenters. The highest BCUT2D eigenvalue weighted by molar-refractivity contribution is 6.30. The van der Waals surface area contributed by atoms with Crippen LogP contribution in [0.15, 0.2) is 24.3 Å². The first-order valence-electron chi connectivity index (χ1n) is 10.0. The van der Waals surface area contributed by atoms with Crippen LogP contribution in [-0.4, -0.2) is 45.5 Å². The number of hydrogen-bond donors (Lipinski definition) is 1. The molecule has 0 saturated carbocycles. The van der Waals surface area contributed by atoms with Gasteiger partial charge in [0.15, 0.2) is 5.82 Å². The fourth-order valence-electron chi connectivity index (χ4n) is 4.03. The number of carbonyl (C=O) groups is 1. The average Bonchev–Trinajstić information content (AvgIpc) is 3.07. The molecule has 8 heteroatoms. The molecule has 1 amide bonds. The number of amides is 1. The molecule has 1 saturated heterocycles. The molecule has 1 aliphatic heterocycles. The molecule has 0 unspecified atom stereocenters. The summed E-state index contributed by atoms with van der Waals surface area (Å²) in [7, 11) is 0. The average molecular weight is 413 g/mol. The molecule has 1 N–H and O–H groups in total. The summed E-state index contributed by atoms with van der Waals surface area (Å²) in [6.45, 7) is 8.16. The van der Waals surface area contributed by atoms with Crippen molar-refractivity contribution in [2.75, 3.05) is 24.5 Å². The summed E-state index contributed by atoms with van der Waals surface area (Å²) >= 11 is 6.04. The van der Waals surface area contributed by atoms with E-state index in [1.54, 1.807) is 0 Å². The van der Waals surface area contributed by atoms with Gasteiger partial charge in [0.05, 0.1) is 22.5 Å². The Morgan fingerprint density at radius 2 is 1.86 bits per heavy atom. The number of aromatic nitrogens is 4. The van der Waals surface area contributed by atoms with E-state index in [0.717, 1.165) is 59.7 Å². The Hall–Kier alpha value is -2.67. The largest absolute Gasteiger partial charge is 0.356 e. The summed E-state index contributed by atoms with van der Waals surface area (Å²) < 4.78 is 1.92. The highest BCUT2D eigenvalue weighted by atomic mass is 35.5. The minimum atomic E-state index is 0.0634. The highest BCUT2D eigenvalue weighted by Gasteiger charge is 2.28. The monoisotopic (exact) mass is 412 g/mol. The Bertz CT molecular complexity index is 1040. The van der Waals surface area contributed by atoms with Gasteiger partial charge in [0.25, 0.3) is 0 Å². The Morgan fingerprint density at radius 1 is 1.17 bits per heavy atom. The van der Waals surface area contributed by atoms with Crippen molar-refractivity contribution in [3.63, 3.8) is 0 Å². The van der Waals surface area contributed by atoms with E-state index < -0.39 is 0 Å². The van der Waals surface area contributed by atoms with Crippen LogP contribution >= 0.6 is 11.6 Å². The van der Waals surface area contributed by atoms with E-state index in [1.807, 2.05) is 49.7 Å². The minimum absolute atomic E-state index is 0.0634. The predicted octanol–water partition coefficient (Wildman–Crippen LogP) is 3.44. The number of piperidine rings is 1. The van der Waals surface area contributed by atoms with Crippen LogP contribution in [0.2, 0.25) is 5.02 Å². The van der Waals surface area contributed by atoms with Crippen molar-refractivity contribution in [3.05, 3.63) is 40.7 Å². The number of nitrogens with one attached hydrogen (secondary N) is 1. The maximum Gasteiger partial charge on any atom is 0.223 e. The first-order valence-corrected chi connectivity index (χ1v) is 10.4. The Balaban J connectivity index is 1.68. The highest BCUT2D eigenvalue weighted by Crippen LogP contribution is 2.31. The molecule has 1 aromatic carbocycles. The second kappa shape index (κ2) is 7.99. The Kier molecular flexibility index (Phi) is 5.41. The molecular formula is C21H25ClN6O. The molecule has 3 aromatic rings. The number of fused-ring (bicyclic) bond motifs is 1. The molecule has 0 bridgehead atoms. The van der Waals surface area contributed by atoms with Crippen LogP contribution in [0.5, 0.6) is 0 Å². The van der Waals surface area contributed by atoms with E-state index in [4.69, 9.17) is 16.7 Å². The van der Waals surface area contributed by atoms with Crippen LogP contribution in [0.4, 0.5) is 5.82 Å². The molecule has 152 valence electrons. The van der Waals surface area contributed by atoms with E-state index in [-0.39, 0.29) is 11.8 Å². The van der Waals surface area contributed by atoms with Crippen LogP contribution in [0, 0.1) is 19.8 Å². The van der Waals surface area contributed by atoms with Crippen LogP contribution in [0.3, 0.4) is 0 Å². The maximum absolute atomic E-state index is 12.1. The number of halogens is 1. The van der Waals surface area contributed by atoms with E-state index in [0.29, 0.717) is 11.6 Å². The van der Waals surface area contributed by atoms with Crippen molar-refractivity contribution in [1.29, 1.82) is 0 Å². The fraction of sp³-hybridized carbons (Fsp3) is 0.429. The number of nitrogens with zero attached hydrogens (tertiary/aromatic N) is 5. The Labute approximate surface area is 175 Å². The summed E-state index contributed by atoms with van der Waals surface area (Å²) in [6.07, 6.45) is 1.61. The van der Waals surface area contributed by atoms with Crippen molar-refractivity contribution < 1.29 is 4.79 Å². The zero-order valence-electron chi connectivity index (χ0n) is 16.9. The van der Waals surface area contributed by atoms with Gasteiger partial charge >= 0.3 is 0 Å². The number of carbonyl (C=O) groups excluding carboxylic acids is 1. The van der Waals surface area contributed by atoms with Gasteiger partial charge in [0.2, 0.25) is 5.91 Å². The molecule has 3 heterocycles. The van der Waals surface area contributed by atoms with Crippen molar-refractivity contribution in [1.82, 2.24) is 25.3 Å². The summed E-state index contributed by atoms with van der Waals surface area (Å²) in [5.74, 6) is 0.999. The Morgan fingerprint density at radius 3 is 2.52 bits per heavy atom. The van der Waals surface area contributed by atoms with E-state index in [2.05, 4.69) is 20.4 Å². The summed E-state index contributed by atoms with van der Waals surface area (Å²) in [5, 5.41) is 18.4. The standard InChI is InChI=1S/C21H25ClN6O/c1-4-23-21(29)15-9-11-27(12-10-15)20-19-18(13(2)24-25-20)14(3)28(26-19)17-7-5-16(22)6-8-17/h5-8,15H,4,9-12H2,1-3H3,(H,23,29). The van der Waals surface area contributed by atoms with Crippen molar-refractivity contribution in [2.24, 2.45) is 5.92 Å². The zero-order chi connectivity index (χ0) is 20.5. The topological polar surface area (TPSA) is 75.9 Å². The SMILES string of the molecule is CCNC(=O)C1CCN(c2nnc(C)c3c(C)n(-c4ccc(Cl)cc4)nc23)CC1. The van der Waals surface area contributed by atoms with Gasteiger partial charge in [-0.15, -0.1) is 5.10 Å². The lowest BCUT2D eigenvalue weighted by atomic mass is 9.96. The number of anilines is 1. The van der Waals surface area contributed by atoms with Crippen LogP contribution in [0.1, 0.15) is 31.2 Å². The number of rotatable bonds is 4. The van der Waals surface area contributed by atoms with Gasteiger partial charge < -0.3 is 10.2 Å². The molecule has 29 heavy (non-hydrogen) atoms. The van der Waals surface area contributed by atoms with E-state index in [1.165, 1.54) is 0 Å². The number of benzene rings is 1. The van der Waals surface area contributed by atoms with Gasteiger partial charge in [-0.2, -0.15) is 10.2 Å². The predicted molar refractivity (Wildman–Crippen MR) is 115 cm³/mol. The van der Waals surface area contributed by atoms with Crippen LogP contribution in [0.25, 0.3) is 16.6 Å². The summed E-state index contributed by atoms with van der Waals surface area (Å²) in [6, 6.07) is 7.63. The molecule has 4 rings (SSSR count). The molecule has 1 fully saturated rings. The first kappa shape index (κ1) is 19.6. The van der Waals surface area contributed by atoms with E-state index >= 15 is 0 Å². The summed E-state index contributed by atoms with van der Waals surface area (Å²) in [5.41, 5.74) is 3.68. The summed E-state index contributed by atoms with van der Waals surface area (Å²) in [4.78, 5) is 14.3. The normalized spacial score (nSPS) is 15.1. The van der Waals surface area contributed by atoms with Crippen molar-refractivity contribution >= 4 is 34.2 Å². The third-order valence-corrected chi connectivity index (χ3v) is 5.82. The van der Waals surface area contributed by atoms with Crippen LogP contribution in [-0.2, 0) is 4.79 Å². The molecule has 0 radical (unpaired) electrons. The van der Waals surface area contributed by atoms with Crippen LogP contribution < -0.4 is 10.2 Å². The lowest BCUT2D eigenvalue weighted by Gasteiger charge is -2.31. The minimum Gasteiger partial charge on any atom is -0.356 e. The van der Waals surface area contributed by atoms with Gasteiger partial charge in [0.1, 0.15) is 5.52 Å². The third-order valence-electron chi connectivity index (χ3n) is 5.57. The molecule has 0 aliphatic carbocycles. The zero-order valence-corrected chi connectivity index (χ0v) is 17.7. The number of hydrogen-bond acceptors (Lipinski definition) is 5. The van der Waals surface area contributed by atoms with Gasteiger partial charge in [-0.3, -0.25) is 4.79 Å². The lowest BCUT2D eigenvalue weighted by Crippen LogP contribution is -2.41. The first-order chi connectivity index (χ1) is 14.0. The van der Waals surface area contributed by atoms with Gasteiger partial charge in [-0.25, -0.2) is 4.68 Å². The maximum atomic E-state index is 12.1. The third kappa shape index (κ3) is 3.67. The van der Waals surface area contributed by atoms with E-state index in [9.17, 15) is 4.79 Å². The van der Waals surface area contributed by atoms with Crippen molar-refractivity contribution in [2.45, 2.75) is 33.6 Å². The fourth-order valence-corrected chi connectivity index (χ4v) is 4.16. The van der Waals surface area contributed by atoms with Crippen molar-refractivity contribution in [3.8, 4) is 5.69 Å². The van der Waals surface area contributed by atoms with Gasteiger partial charge in [0, 0.05) is 30.6 Å². The molecular weight excluding hydrogens is 388 g/mol. The number of aryl methyl sites for hydroxylation is 2. The quantitative estimate of drug-likeness (QED) is 0.710. The molecule has 0 spiro atoms.